The van der Waals surface area contributed by atoms with Gasteiger partial charge in [-0.2, -0.15) is 0 Å². The number of fused-ring (bicyclic) bond motifs is 1. The third-order valence-corrected chi connectivity index (χ3v) is 4.31. The van der Waals surface area contributed by atoms with Crippen molar-refractivity contribution in [2.24, 2.45) is 0 Å². The summed E-state index contributed by atoms with van der Waals surface area (Å²) in [5.41, 5.74) is 2.29. The molecule has 2 aromatic rings. The molecule has 1 aliphatic rings. The summed E-state index contributed by atoms with van der Waals surface area (Å²) in [7, 11) is 0. The number of alkyl halides is 1. The Morgan fingerprint density at radius 1 is 1.42 bits per heavy atom. The number of pyridine rings is 1. The summed E-state index contributed by atoms with van der Waals surface area (Å²) in [4.78, 5) is 7.21. The van der Waals surface area contributed by atoms with E-state index in [1.807, 2.05) is 6.07 Å². The van der Waals surface area contributed by atoms with Gasteiger partial charge in [-0.15, -0.1) is 0 Å². The predicted molar refractivity (Wildman–Crippen MR) is 82.2 cm³/mol. The van der Waals surface area contributed by atoms with E-state index >= 15 is 0 Å². The molecule has 1 fully saturated rings. The molecule has 3 nitrogen and oxygen atoms in total. The maximum atomic E-state index is 5.55. The molecular formula is C15H17BrN2O. The fraction of sp³-hybridized carbons (Fsp3) is 0.400. The first-order valence-electron chi connectivity index (χ1n) is 6.56. The Morgan fingerprint density at radius 2 is 2.26 bits per heavy atom. The molecule has 0 radical (unpaired) electrons. The van der Waals surface area contributed by atoms with Gasteiger partial charge < -0.3 is 9.64 Å². The van der Waals surface area contributed by atoms with Crippen LogP contribution in [0.3, 0.4) is 0 Å². The van der Waals surface area contributed by atoms with Gasteiger partial charge in [0.1, 0.15) is 5.82 Å². The van der Waals surface area contributed by atoms with Gasteiger partial charge in [-0.3, -0.25) is 0 Å². The molecule has 0 bridgehead atoms. The minimum atomic E-state index is 0.362. The van der Waals surface area contributed by atoms with Crippen LogP contribution in [0.5, 0.6) is 0 Å². The summed E-state index contributed by atoms with van der Waals surface area (Å²) in [6.45, 7) is 4.58. The van der Waals surface area contributed by atoms with Gasteiger partial charge in [-0.1, -0.05) is 34.1 Å². The molecule has 1 aromatic heterocycles. The number of aromatic nitrogens is 1. The number of hydrogen-bond acceptors (Lipinski definition) is 3. The average Bonchev–Trinajstić information content (AvgIpc) is 2.46. The van der Waals surface area contributed by atoms with Gasteiger partial charge >= 0.3 is 0 Å². The zero-order valence-electron chi connectivity index (χ0n) is 11.0. The number of rotatable bonds is 2. The van der Waals surface area contributed by atoms with Gasteiger partial charge in [0.15, 0.2) is 0 Å². The Hall–Kier alpha value is -1.13. The van der Waals surface area contributed by atoms with Crippen molar-refractivity contribution < 1.29 is 4.74 Å². The van der Waals surface area contributed by atoms with E-state index < -0.39 is 0 Å². The molecule has 1 atom stereocenters. The zero-order chi connectivity index (χ0) is 13.2. The van der Waals surface area contributed by atoms with Crippen molar-refractivity contribution in [2.75, 3.05) is 30.0 Å². The summed E-state index contributed by atoms with van der Waals surface area (Å²) in [6.07, 6.45) is 0. The first-order valence-corrected chi connectivity index (χ1v) is 7.68. The number of halogens is 1. The molecule has 4 heteroatoms. The van der Waals surface area contributed by atoms with Gasteiger partial charge in [0.05, 0.1) is 24.8 Å². The minimum absolute atomic E-state index is 0.362. The third kappa shape index (κ3) is 2.47. The van der Waals surface area contributed by atoms with Crippen LogP contribution in [-0.2, 0) is 4.74 Å². The van der Waals surface area contributed by atoms with Crippen molar-refractivity contribution in [2.45, 2.75) is 13.0 Å². The lowest BCUT2D eigenvalue weighted by atomic mass is 10.1. The lowest BCUT2D eigenvalue weighted by Gasteiger charge is -2.36. The van der Waals surface area contributed by atoms with E-state index in [2.05, 4.69) is 52.0 Å². The van der Waals surface area contributed by atoms with Crippen molar-refractivity contribution in [1.82, 2.24) is 4.98 Å². The molecule has 1 saturated heterocycles. The van der Waals surface area contributed by atoms with Crippen LogP contribution in [0.15, 0.2) is 30.3 Å². The van der Waals surface area contributed by atoms with Crippen LogP contribution < -0.4 is 4.90 Å². The van der Waals surface area contributed by atoms with Crippen LogP contribution in [0.25, 0.3) is 10.9 Å². The van der Waals surface area contributed by atoms with Gasteiger partial charge in [-0.05, 0) is 24.6 Å². The van der Waals surface area contributed by atoms with Crippen molar-refractivity contribution in [3.05, 3.63) is 35.9 Å². The molecule has 0 aliphatic carbocycles. The number of morpholine rings is 1. The van der Waals surface area contributed by atoms with Gasteiger partial charge in [-0.25, -0.2) is 4.98 Å². The van der Waals surface area contributed by atoms with E-state index in [1.54, 1.807) is 0 Å². The zero-order valence-corrected chi connectivity index (χ0v) is 12.6. The van der Waals surface area contributed by atoms with Crippen molar-refractivity contribution in [3.63, 3.8) is 0 Å². The van der Waals surface area contributed by atoms with Crippen LogP contribution in [0.2, 0.25) is 0 Å². The number of ether oxygens (including phenoxy) is 1. The fourth-order valence-corrected chi connectivity index (χ4v) is 3.10. The van der Waals surface area contributed by atoms with Gasteiger partial charge in [0.2, 0.25) is 0 Å². The first-order chi connectivity index (χ1) is 9.29. The molecule has 0 saturated carbocycles. The SMILES string of the molecule is Cc1cc2ccccc2nc1N1CCOCC1CBr. The fourth-order valence-electron chi connectivity index (χ4n) is 2.56. The van der Waals surface area contributed by atoms with Crippen LogP contribution >= 0.6 is 15.9 Å². The standard InChI is InChI=1S/C15H17BrN2O/c1-11-8-12-4-2-3-5-14(12)17-15(11)18-6-7-19-10-13(18)9-16/h2-5,8,13H,6-7,9-10H2,1H3. The van der Waals surface area contributed by atoms with Gasteiger partial charge in [0.25, 0.3) is 0 Å². The first kappa shape index (κ1) is 12.9. The number of aryl methyl sites for hydroxylation is 1. The largest absolute Gasteiger partial charge is 0.377 e. The molecular weight excluding hydrogens is 304 g/mol. The Balaban J connectivity index is 2.05. The molecule has 1 unspecified atom stereocenters. The summed E-state index contributed by atoms with van der Waals surface area (Å²) in [5, 5.41) is 2.11. The van der Waals surface area contributed by atoms with Crippen LogP contribution in [-0.4, -0.2) is 36.1 Å². The van der Waals surface area contributed by atoms with E-state index in [9.17, 15) is 0 Å². The van der Waals surface area contributed by atoms with Crippen molar-refractivity contribution in [3.8, 4) is 0 Å². The summed E-state index contributed by atoms with van der Waals surface area (Å²) in [5.74, 6) is 1.09. The number of benzene rings is 1. The number of para-hydroxylation sites is 1. The highest BCUT2D eigenvalue weighted by Gasteiger charge is 2.24. The number of nitrogens with zero attached hydrogens (tertiary/aromatic N) is 2. The van der Waals surface area contributed by atoms with E-state index in [0.29, 0.717) is 6.04 Å². The number of anilines is 1. The Kier molecular flexibility index (Phi) is 3.71. The van der Waals surface area contributed by atoms with Crippen molar-refractivity contribution in [1.29, 1.82) is 0 Å². The predicted octanol–water partition coefficient (Wildman–Crippen LogP) is 3.14. The summed E-state index contributed by atoms with van der Waals surface area (Å²) < 4.78 is 5.55. The molecule has 1 aromatic carbocycles. The number of hydrogen-bond donors (Lipinski definition) is 0. The lowest BCUT2D eigenvalue weighted by Crippen LogP contribution is -2.47. The van der Waals surface area contributed by atoms with E-state index in [-0.39, 0.29) is 0 Å². The van der Waals surface area contributed by atoms with Crippen LogP contribution in [0.4, 0.5) is 5.82 Å². The highest BCUT2D eigenvalue weighted by atomic mass is 79.9. The van der Waals surface area contributed by atoms with E-state index in [1.165, 1.54) is 10.9 Å². The molecule has 2 heterocycles. The van der Waals surface area contributed by atoms with Crippen LogP contribution in [0.1, 0.15) is 5.56 Å². The monoisotopic (exact) mass is 320 g/mol. The molecule has 3 rings (SSSR count). The van der Waals surface area contributed by atoms with E-state index in [0.717, 1.165) is 36.4 Å². The summed E-state index contributed by atoms with van der Waals surface area (Å²) in [6, 6.07) is 10.9. The third-order valence-electron chi connectivity index (χ3n) is 3.57. The second kappa shape index (κ2) is 5.47. The average molecular weight is 321 g/mol. The quantitative estimate of drug-likeness (QED) is 0.795. The molecule has 100 valence electrons. The Morgan fingerprint density at radius 3 is 3.11 bits per heavy atom. The second-order valence-corrected chi connectivity index (χ2v) is 5.55. The van der Waals surface area contributed by atoms with E-state index in [4.69, 9.17) is 9.72 Å². The normalized spacial score (nSPS) is 19.9. The topological polar surface area (TPSA) is 25.4 Å². The Labute approximate surface area is 121 Å². The lowest BCUT2D eigenvalue weighted by molar-refractivity contribution is 0.1000. The highest BCUT2D eigenvalue weighted by molar-refractivity contribution is 9.09. The highest BCUT2D eigenvalue weighted by Crippen LogP contribution is 2.26. The molecule has 1 aliphatic heterocycles. The van der Waals surface area contributed by atoms with Gasteiger partial charge in [0, 0.05) is 17.3 Å². The maximum absolute atomic E-state index is 5.55. The molecule has 0 amide bonds. The van der Waals surface area contributed by atoms with Crippen LogP contribution in [0, 0.1) is 6.92 Å². The summed E-state index contributed by atoms with van der Waals surface area (Å²) >= 11 is 3.57. The Bertz CT molecular complexity index is 587. The molecule has 0 spiro atoms. The smallest absolute Gasteiger partial charge is 0.132 e. The second-order valence-electron chi connectivity index (χ2n) is 4.90. The molecule has 0 N–H and O–H groups in total. The minimum Gasteiger partial charge on any atom is -0.377 e. The van der Waals surface area contributed by atoms with Crippen molar-refractivity contribution >= 4 is 32.7 Å². The maximum Gasteiger partial charge on any atom is 0.132 e. The molecule has 19 heavy (non-hydrogen) atoms.